The second-order valence-corrected chi connectivity index (χ2v) is 6.51. The molecule has 0 radical (unpaired) electrons. The normalized spacial score (nSPS) is 12.6. The topological polar surface area (TPSA) is 68.5 Å². The van der Waals surface area contributed by atoms with E-state index in [-0.39, 0.29) is 12.0 Å². The van der Waals surface area contributed by atoms with Crippen LogP contribution in [0.25, 0.3) is 11.0 Å². The fraction of sp³-hybridized carbons (Fsp3) is 0.238. The molecule has 5 nitrogen and oxygen atoms in total. The van der Waals surface area contributed by atoms with Crippen LogP contribution in [0.1, 0.15) is 29.9 Å². The molecule has 0 spiro atoms. The molecule has 3 aromatic rings. The van der Waals surface area contributed by atoms with Gasteiger partial charge in [-0.2, -0.15) is 13.2 Å². The first-order chi connectivity index (χ1) is 13.7. The minimum atomic E-state index is -4.49. The zero-order valence-electron chi connectivity index (χ0n) is 15.5. The van der Waals surface area contributed by atoms with Gasteiger partial charge < -0.3 is 14.5 Å². The molecule has 0 saturated carbocycles. The monoisotopic (exact) mass is 405 g/mol. The van der Waals surface area contributed by atoms with Gasteiger partial charge >= 0.3 is 12.1 Å². The van der Waals surface area contributed by atoms with Crippen LogP contribution in [0.15, 0.2) is 59.0 Å². The van der Waals surface area contributed by atoms with Crippen molar-refractivity contribution < 1.29 is 31.9 Å². The molecule has 0 aliphatic carbocycles. The van der Waals surface area contributed by atoms with Gasteiger partial charge in [0.15, 0.2) is 6.61 Å². The molecular weight excluding hydrogens is 387 g/mol. The first kappa shape index (κ1) is 20.4. The Morgan fingerprint density at radius 3 is 2.59 bits per heavy atom. The number of ether oxygens (including phenoxy) is 1. The van der Waals surface area contributed by atoms with Gasteiger partial charge in [-0.3, -0.25) is 9.59 Å². The van der Waals surface area contributed by atoms with E-state index in [1.54, 1.807) is 13.0 Å². The molecule has 1 atom stereocenters. The van der Waals surface area contributed by atoms with E-state index in [0.717, 1.165) is 17.5 Å². The Bertz CT molecular complexity index is 993. The van der Waals surface area contributed by atoms with Crippen molar-refractivity contribution in [2.75, 3.05) is 6.61 Å². The maximum atomic E-state index is 12.7. The average molecular weight is 405 g/mol. The van der Waals surface area contributed by atoms with E-state index in [2.05, 4.69) is 5.32 Å². The third-order valence-electron chi connectivity index (χ3n) is 4.22. The van der Waals surface area contributed by atoms with Crippen LogP contribution in [0, 0.1) is 0 Å². The van der Waals surface area contributed by atoms with E-state index in [4.69, 9.17) is 9.15 Å². The lowest BCUT2D eigenvalue weighted by atomic mass is 10.1. The number of alkyl halides is 3. The quantitative estimate of drug-likeness (QED) is 0.617. The smallest absolute Gasteiger partial charge is 0.416 e. The minimum absolute atomic E-state index is 0.154. The van der Waals surface area contributed by atoms with Crippen molar-refractivity contribution >= 4 is 22.8 Å². The maximum Gasteiger partial charge on any atom is 0.416 e. The molecule has 1 amide bonds. The van der Waals surface area contributed by atoms with Gasteiger partial charge in [-0.1, -0.05) is 36.4 Å². The second-order valence-electron chi connectivity index (χ2n) is 6.51. The van der Waals surface area contributed by atoms with E-state index in [1.165, 1.54) is 12.1 Å². The molecule has 0 bridgehead atoms. The highest BCUT2D eigenvalue weighted by atomic mass is 19.4. The van der Waals surface area contributed by atoms with Crippen molar-refractivity contribution in [1.82, 2.24) is 5.32 Å². The van der Waals surface area contributed by atoms with E-state index >= 15 is 0 Å². The minimum Gasteiger partial charge on any atom is -0.459 e. The summed E-state index contributed by atoms with van der Waals surface area (Å²) in [5, 5.41) is 3.55. The number of carbonyl (C=O) groups excluding carboxylic acids is 2. The molecule has 1 aromatic heterocycles. The lowest BCUT2D eigenvalue weighted by Crippen LogP contribution is -2.31. The van der Waals surface area contributed by atoms with E-state index in [9.17, 15) is 22.8 Å². The summed E-state index contributed by atoms with van der Waals surface area (Å²) in [6.45, 7) is 1.18. The number of para-hydroxylation sites is 1. The predicted molar refractivity (Wildman–Crippen MR) is 98.9 cm³/mol. The number of hydrogen-bond acceptors (Lipinski definition) is 4. The molecule has 8 heteroatoms. The first-order valence-electron chi connectivity index (χ1n) is 8.82. The Morgan fingerprint density at radius 2 is 1.86 bits per heavy atom. The molecule has 3 rings (SSSR count). The largest absolute Gasteiger partial charge is 0.459 e. The first-order valence-corrected chi connectivity index (χ1v) is 8.82. The molecule has 152 valence electrons. The summed E-state index contributed by atoms with van der Waals surface area (Å²) in [6, 6.07) is 13.2. The van der Waals surface area contributed by atoms with Crippen LogP contribution >= 0.6 is 0 Å². The number of rotatable bonds is 6. The molecule has 0 saturated heterocycles. The van der Waals surface area contributed by atoms with Crippen molar-refractivity contribution in [1.29, 1.82) is 0 Å². The summed E-state index contributed by atoms with van der Waals surface area (Å²) >= 11 is 0. The summed E-state index contributed by atoms with van der Waals surface area (Å²) < 4.78 is 48.7. The Hall–Kier alpha value is -3.29. The molecule has 1 heterocycles. The van der Waals surface area contributed by atoms with Crippen molar-refractivity contribution in [2.24, 2.45) is 0 Å². The van der Waals surface area contributed by atoms with Crippen LogP contribution in [0.3, 0.4) is 0 Å². The zero-order chi connectivity index (χ0) is 21.0. The molecule has 2 aromatic carbocycles. The van der Waals surface area contributed by atoms with Gasteiger partial charge in [-0.05, 0) is 30.7 Å². The number of amides is 1. The Balaban J connectivity index is 1.50. The van der Waals surface area contributed by atoms with Crippen LogP contribution in [0.4, 0.5) is 13.2 Å². The third kappa shape index (κ3) is 5.37. The second kappa shape index (κ2) is 8.38. The van der Waals surface area contributed by atoms with E-state index < -0.39 is 36.3 Å². The summed E-state index contributed by atoms with van der Waals surface area (Å²) in [4.78, 5) is 23.9. The maximum absolute atomic E-state index is 12.7. The molecule has 0 unspecified atom stereocenters. The number of esters is 1. The number of halogens is 3. The Morgan fingerprint density at radius 1 is 1.10 bits per heavy atom. The van der Waals surface area contributed by atoms with Crippen molar-refractivity contribution in [3.8, 4) is 0 Å². The standard InChI is InChI=1S/C21H18F3NO4/c1-13(18-11-15-6-2-3-8-17(15)29-18)25-19(26)12-28-20(27)10-14-5-4-7-16(9-14)21(22,23)24/h2-9,11,13H,10,12H2,1H3,(H,25,26)/t13-/m0/s1. The highest BCUT2D eigenvalue weighted by Crippen LogP contribution is 2.29. The van der Waals surface area contributed by atoms with Crippen molar-refractivity contribution in [2.45, 2.75) is 25.6 Å². The molecule has 0 aliphatic rings. The number of hydrogen-bond donors (Lipinski definition) is 1. The summed E-state index contributed by atoms with van der Waals surface area (Å²) in [5.41, 5.74) is -0.00260. The lowest BCUT2D eigenvalue weighted by molar-refractivity contribution is -0.148. The highest BCUT2D eigenvalue weighted by molar-refractivity contribution is 5.82. The molecule has 1 N–H and O–H groups in total. The van der Waals surface area contributed by atoms with Crippen LogP contribution in [0.2, 0.25) is 0 Å². The highest BCUT2D eigenvalue weighted by Gasteiger charge is 2.30. The van der Waals surface area contributed by atoms with Gasteiger partial charge in [0, 0.05) is 5.39 Å². The lowest BCUT2D eigenvalue weighted by Gasteiger charge is -2.12. The van der Waals surface area contributed by atoms with Gasteiger partial charge in [0.05, 0.1) is 18.0 Å². The fourth-order valence-corrected chi connectivity index (χ4v) is 2.79. The third-order valence-corrected chi connectivity index (χ3v) is 4.22. The van der Waals surface area contributed by atoms with Gasteiger partial charge in [-0.25, -0.2) is 0 Å². The Kier molecular flexibility index (Phi) is 5.91. The van der Waals surface area contributed by atoms with Crippen molar-refractivity contribution in [3.63, 3.8) is 0 Å². The number of benzene rings is 2. The van der Waals surface area contributed by atoms with Crippen LogP contribution in [0.5, 0.6) is 0 Å². The van der Waals surface area contributed by atoms with Gasteiger partial charge in [0.1, 0.15) is 11.3 Å². The van der Waals surface area contributed by atoms with Crippen LogP contribution < -0.4 is 5.32 Å². The van der Waals surface area contributed by atoms with E-state index in [0.29, 0.717) is 11.3 Å². The summed E-state index contributed by atoms with van der Waals surface area (Å²) in [5.74, 6) is -0.791. The van der Waals surface area contributed by atoms with Gasteiger partial charge in [0.2, 0.25) is 0 Å². The number of furan rings is 1. The molecule has 0 fully saturated rings. The number of carbonyl (C=O) groups is 2. The predicted octanol–water partition coefficient (Wildman–Crippen LogP) is 4.41. The number of nitrogens with one attached hydrogen (secondary N) is 1. The van der Waals surface area contributed by atoms with Crippen LogP contribution in [-0.2, 0) is 26.9 Å². The SMILES string of the molecule is C[C@H](NC(=O)COC(=O)Cc1cccc(C(F)(F)F)c1)c1cc2ccccc2o1. The average Bonchev–Trinajstić information content (AvgIpc) is 3.10. The van der Waals surface area contributed by atoms with Crippen LogP contribution in [-0.4, -0.2) is 18.5 Å². The number of fused-ring (bicyclic) bond motifs is 1. The molecular formula is C21H18F3NO4. The van der Waals surface area contributed by atoms with Gasteiger partial charge in [-0.15, -0.1) is 0 Å². The molecule has 0 aliphatic heterocycles. The fourth-order valence-electron chi connectivity index (χ4n) is 2.79. The summed E-state index contributed by atoms with van der Waals surface area (Å²) in [7, 11) is 0. The molecule has 29 heavy (non-hydrogen) atoms. The van der Waals surface area contributed by atoms with Crippen molar-refractivity contribution in [3.05, 3.63) is 71.5 Å². The summed E-state index contributed by atoms with van der Waals surface area (Å²) in [6.07, 6.45) is -4.86. The van der Waals surface area contributed by atoms with E-state index in [1.807, 2.05) is 24.3 Å². The Labute approximate surface area is 164 Å². The van der Waals surface area contributed by atoms with Gasteiger partial charge in [0.25, 0.3) is 5.91 Å². The zero-order valence-corrected chi connectivity index (χ0v) is 15.5.